The van der Waals surface area contributed by atoms with E-state index in [0.29, 0.717) is 5.92 Å². The van der Waals surface area contributed by atoms with Crippen molar-refractivity contribution in [2.75, 3.05) is 6.54 Å². The van der Waals surface area contributed by atoms with E-state index in [1.165, 1.54) is 24.8 Å². The molecule has 4 nitrogen and oxygen atoms in total. The maximum atomic E-state index is 12.5. The molecule has 2 N–H and O–H groups in total. The van der Waals surface area contributed by atoms with E-state index in [4.69, 9.17) is 4.74 Å². The van der Waals surface area contributed by atoms with Crippen molar-refractivity contribution in [3.63, 3.8) is 0 Å². The highest BCUT2D eigenvalue weighted by atomic mass is 16.6. The molecule has 4 rings (SSSR count). The molecule has 4 atom stereocenters. The van der Waals surface area contributed by atoms with Gasteiger partial charge in [0.1, 0.15) is 18.6 Å². The zero-order valence-corrected chi connectivity index (χ0v) is 15.3. The summed E-state index contributed by atoms with van der Waals surface area (Å²) in [5.41, 5.74) is 4.67. The molecule has 2 heterocycles. The van der Waals surface area contributed by atoms with Crippen LogP contribution < -0.4 is 5.32 Å². The van der Waals surface area contributed by atoms with Crippen molar-refractivity contribution in [3.8, 4) is 0 Å². The minimum absolute atomic E-state index is 0.0259. The number of hydrogen-bond acceptors (Lipinski definition) is 3. The van der Waals surface area contributed by atoms with Crippen molar-refractivity contribution < 1.29 is 14.8 Å². The van der Waals surface area contributed by atoms with Gasteiger partial charge in [-0.15, -0.1) is 0 Å². The first-order valence-electron chi connectivity index (χ1n) is 9.67. The van der Waals surface area contributed by atoms with Gasteiger partial charge in [-0.2, -0.15) is 0 Å². The molecule has 1 aliphatic heterocycles. The van der Waals surface area contributed by atoms with E-state index in [1.54, 1.807) is 17.3 Å². The summed E-state index contributed by atoms with van der Waals surface area (Å²) in [6.45, 7) is 6.37. The van der Waals surface area contributed by atoms with Gasteiger partial charge in [0.25, 0.3) is 0 Å². The van der Waals surface area contributed by atoms with Gasteiger partial charge in [0.2, 0.25) is 0 Å². The second-order valence-corrected chi connectivity index (χ2v) is 8.42. The highest BCUT2D eigenvalue weighted by molar-refractivity contribution is 5.75. The van der Waals surface area contributed by atoms with E-state index in [-0.39, 0.29) is 23.4 Å². The van der Waals surface area contributed by atoms with Crippen LogP contribution in [0.2, 0.25) is 0 Å². The predicted octanol–water partition coefficient (Wildman–Crippen LogP) is 2.60. The number of carbonyl (C=O) groups is 1. The van der Waals surface area contributed by atoms with Gasteiger partial charge in [0.15, 0.2) is 0 Å². The van der Waals surface area contributed by atoms with Crippen LogP contribution in [0, 0.1) is 17.3 Å². The molecule has 0 aromatic carbocycles. The molecule has 1 aromatic heterocycles. The van der Waals surface area contributed by atoms with Crippen LogP contribution in [0.3, 0.4) is 0 Å². The van der Waals surface area contributed by atoms with Crippen LogP contribution in [-0.4, -0.2) is 23.6 Å². The van der Waals surface area contributed by atoms with Gasteiger partial charge in [-0.3, -0.25) is 9.78 Å². The van der Waals surface area contributed by atoms with Crippen LogP contribution in [-0.2, 0) is 16.1 Å². The molecule has 2 aliphatic carbocycles. The number of allylic oxidation sites excluding steroid dienone is 2. The Morgan fingerprint density at radius 1 is 1.44 bits per heavy atom. The monoisotopic (exact) mass is 341 g/mol. The Labute approximate surface area is 150 Å². The fraction of sp³-hybridized carbons (Fsp3) is 0.619. The summed E-state index contributed by atoms with van der Waals surface area (Å²) in [6, 6.07) is 4.05. The minimum Gasteiger partial charge on any atom is -0.462 e. The lowest BCUT2D eigenvalue weighted by atomic mass is 9.59. The number of quaternary nitrogens is 1. The predicted molar refractivity (Wildman–Crippen MR) is 95.5 cm³/mol. The molecule has 0 bridgehead atoms. The van der Waals surface area contributed by atoms with Crippen LogP contribution >= 0.6 is 0 Å². The molecule has 4 heteroatoms. The highest BCUT2D eigenvalue weighted by Gasteiger charge is 2.53. The fourth-order valence-corrected chi connectivity index (χ4v) is 5.33. The number of rotatable bonds is 4. The normalized spacial score (nSPS) is 34.5. The first-order valence-corrected chi connectivity index (χ1v) is 9.67. The largest absolute Gasteiger partial charge is 0.462 e. The average Bonchev–Trinajstić information content (AvgIpc) is 2.88. The summed E-state index contributed by atoms with van der Waals surface area (Å²) < 4.78 is 5.84. The summed E-state index contributed by atoms with van der Waals surface area (Å²) in [4.78, 5) is 16.7. The summed E-state index contributed by atoms with van der Waals surface area (Å²) in [5, 5.41) is 2.24. The van der Waals surface area contributed by atoms with Gasteiger partial charge in [0.05, 0.1) is 6.54 Å². The molecular formula is C21H29N2O2+. The average molecular weight is 341 g/mol. The molecule has 2 fully saturated rings. The van der Waals surface area contributed by atoms with Crippen molar-refractivity contribution >= 4 is 5.97 Å². The SMILES string of the molecule is CC1=C2C[C@H]3[C@@H](C[C@@]2(C)CCC1)OC(=O)[C@@H]3C[NH2+]Cc1cccnc1. The number of ether oxygens (including phenoxy) is 1. The lowest BCUT2D eigenvalue weighted by Crippen LogP contribution is -2.84. The van der Waals surface area contributed by atoms with Crippen molar-refractivity contribution in [3.05, 3.63) is 41.2 Å². The van der Waals surface area contributed by atoms with E-state index >= 15 is 0 Å². The standard InChI is InChI=1S/C21H28N2O2/c1-14-5-3-7-21(2)10-19-16(9-18(14)21)17(20(24)25-19)13-23-12-15-6-4-8-22-11-15/h4,6,8,11,16-17,19,23H,3,5,7,9-10,12-13H2,1-2H3/p+1/t16-,17-,19-,21-/m1/s1. The Bertz CT molecular complexity index is 684. The molecule has 0 unspecified atom stereocenters. The fourth-order valence-electron chi connectivity index (χ4n) is 5.33. The third-order valence-electron chi connectivity index (χ3n) is 6.70. The van der Waals surface area contributed by atoms with Gasteiger partial charge in [0, 0.05) is 23.9 Å². The highest BCUT2D eigenvalue weighted by Crippen LogP contribution is 2.54. The van der Waals surface area contributed by atoms with Crippen molar-refractivity contribution in [1.29, 1.82) is 0 Å². The first-order chi connectivity index (χ1) is 12.1. The van der Waals surface area contributed by atoms with E-state index in [2.05, 4.69) is 30.2 Å². The van der Waals surface area contributed by atoms with E-state index in [9.17, 15) is 4.79 Å². The smallest absolute Gasteiger partial charge is 0.315 e. The number of nitrogens with two attached hydrogens (primary N) is 1. The molecule has 0 radical (unpaired) electrons. The van der Waals surface area contributed by atoms with Crippen molar-refractivity contribution in [2.24, 2.45) is 17.3 Å². The number of carbonyl (C=O) groups excluding carboxylic acids is 1. The van der Waals surface area contributed by atoms with Gasteiger partial charge in [-0.1, -0.05) is 24.1 Å². The van der Waals surface area contributed by atoms with E-state index < -0.39 is 0 Å². The molecule has 1 aromatic rings. The number of aromatic nitrogens is 1. The quantitative estimate of drug-likeness (QED) is 0.676. The number of hydrogen-bond donors (Lipinski definition) is 1. The molecule has 0 spiro atoms. The zero-order valence-electron chi connectivity index (χ0n) is 15.3. The Morgan fingerprint density at radius 2 is 2.32 bits per heavy atom. The summed E-state index contributed by atoms with van der Waals surface area (Å²) in [7, 11) is 0. The summed E-state index contributed by atoms with van der Waals surface area (Å²) in [6.07, 6.45) is 9.66. The molecule has 1 saturated heterocycles. The molecule has 134 valence electrons. The lowest BCUT2D eigenvalue weighted by Gasteiger charge is -2.45. The van der Waals surface area contributed by atoms with Gasteiger partial charge >= 0.3 is 5.97 Å². The zero-order chi connectivity index (χ0) is 17.4. The molecule has 0 amide bonds. The Balaban J connectivity index is 1.45. The van der Waals surface area contributed by atoms with Gasteiger partial charge in [-0.05, 0) is 50.5 Å². The number of pyridine rings is 1. The van der Waals surface area contributed by atoms with Crippen LogP contribution in [0.5, 0.6) is 0 Å². The minimum atomic E-state index is 0.0259. The second-order valence-electron chi connectivity index (χ2n) is 8.42. The van der Waals surface area contributed by atoms with Crippen molar-refractivity contribution in [1.82, 2.24) is 4.98 Å². The molecule has 25 heavy (non-hydrogen) atoms. The second kappa shape index (κ2) is 6.56. The maximum absolute atomic E-state index is 12.5. The Morgan fingerprint density at radius 3 is 3.12 bits per heavy atom. The maximum Gasteiger partial charge on any atom is 0.315 e. The third kappa shape index (κ3) is 3.12. The third-order valence-corrected chi connectivity index (χ3v) is 6.70. The van der Waals surface area contributed by atoms with Crippen molar-refractivity contribution in [2.45, 2.75) is 58.6 Å². The number of fused-ring (bicyclic) bond motifs is 2. The van der Waals surface area contributed by atoms with Crippen LogP contribution in [0.1, 0.15) is 51.5 Å². The number of nitrogens with zero attached hydrogens (tertiary/aromatic N) is 1. The van der Waals surface area contributed by atoms with Crippen LogP contribution in [0.25, 0.3) is 0 Å². The van der Waals surface area contributed by atoms with Gasteiger partial charge < -0.3 is 10.1 Å². The topological polar surface area (TPSA) is 55.8 Å². The first kappa shape index (κ1) is 16.8. The molecule has 3 aliphatic rings. The van der Waals surface area contributed by atoms with E-state index in [1.807, 2.05) is 12.3 Å². The van der Waals surface area contributed by atoms with E-state index in [0.717, 1.165) is 25.9 Å². The van der Waals surface area contributed by atoms with Gasteiger partial charge in [-0.25, -0.2) is 0 Å². The number of esters is 1. The Hall–Kier alpha value is -1.68. The lowest BCUT2D eigenvalue weighted by molar-refractivity contribution is -0.675. The summed E-state index contributed by atoms with van der Waals surface area (Å²) >= 11 is 0. The Kier molecular flexibility index (Phi) is 4.40. The molecular weight excluding hydrogens is 312 g/mol. The summed E-state index contributed by atoms with van der Waals surface area (Å²) in [5.74, 6) is 0.431. The van der Waals surface area contributed by atoms with Crippen LogP contribution in [0.15, 0.2) is 35.7 Å². The van der Waals surface area contributed by atoms with Crippen LogP contribution in [0.4, 0.5) is 0 Å². The molecule has 1 saturated carbocycles.